The van der Waals surface area contributed by atoms with Crippen molar-refractivity contribution in [3.63, 3.8) is 0 Å². The average molecular weight is 397 g/mol. The van der Waals surface area contributed by atoms with E-state index in [0.29, 0.717) is 19.5 Å². The van der Waals surface area contributed by atoms with Crippen LogP contribution >= 0.6 is 11.3 Å². The SMILES string of the molecule is CC1CCN(C(CNC(=O)CCn2cnc3ccccc32)c2cccs2)CC1. The number of likely N-dealkylation sites (tertiary alicyclic amines) is 1. The lowest BCUT2D eigenvalue weighted by molar-refractivity contribution is -0.121. The van der Waals surface area contributed by atoms with Gasteiger partial charge in [0.2, 0.25) is 5.91 Å². The molecule has 1 atom stereocenters. The first-order valence-electron chi connectivity index (χ1n) is 10.1. The van der Waals surface area contributed by atoms with Crippen LogP contribution < -0.4 is 5.32 Å². The van der Waals surface area contributed by atoms with Crippen LogP contribution in [0, 0.1) is 5.92 Å². The number of carbonyl (C=O) groups is 1. The van der Waals surface area contributed by atoms with Crippen LogP contribution in [0.5, 0.6) is 0 Å². The molecule has 1 aromatic carbocycles. The molecule has 3 heterocycles. The molecule has 2 aromatic heterocycles. The molecule has 0 saturated carbocycles. The first kappa shape index (κ1) is 19.2. The Labute approximate surface area is 170 Å². The molecule has 1 aliphatic rings. The highest BCUT2D eigenvalue weighted by atomic mass is 32.1. The maximum atomic E-state index is 12.5. The molecule has 3 aromatic rings. The molecule has 1 fully saturated rings. The number of aryl methyl sites for hydroxylation is 1. The van der Waals surface area contributed by atoms with Crippen molar-refractivity contribution in [2.24, 2.45) is 5.92 Å². The van der Waals surface area contributed by atoms with Gasteiger partial charge in [-0.3, -0.25) is 9.69 Å². The zero-order valence-corrected chi connectivity index (χ0v) is 17.2. The highest BCUT2D eigenvalue weighted by Crippen LogP contribution is 2.29. The van der Waals surface area contributed by atoms with Gasteiger partial charge in [0, 0.05) is 24.4 Å². The predicted octanol–water partition coefficient (Wildman–Crippen LogP) is 4.08. The molecular formula is C22H28N4OS. The molecular weight excluding hydrogens is 368 g/mol. The quantitative estimate of drug-likeness (QED) is 0.655. The van der Waals surface area contributed by atoms with Crippen LogP contribution in [0.1, 0.15) is 37.1 Å². The first-order chi connectivity index (χ1) is 13.7. The Morgan fingerprint density at radius 2 is 2.07 bits per heavy atom. The summed E-state index contributed by atoms with van der Waals surface area (Å²) in [4.78, 5) is 20.8. The number of amides is 1. The fourth-order valence-electron chi connectivity index (χ4n) is 3.94. The van der Waals surface area contributed by atoms with Gasteiger partial charge in [-0.2, -0.15) is 0 Å². The average Bonchev–Trinajstić information content (AvgIpc) is 3.38. The van der Waals surface area contributed by atoms with Crippen LogP contribution in [-0.2, 0) is 11.3 Å². The van der Waals surface area contributed by atoms with Crippen molar-refractivity contribution in [1.82, 2.24) is 19.8 Å². The highest BCUT2D eigenvalue weighted by molar-refractivity contribution is 7.10. The number of para-hydroxylation sites is 2. The number of nitrogens with zero attached hydrogens (tertiary/aromatic N) is 3. The highest BCUT2D eigenvalue weighted by Gasteiger charge is 2.25. The Balaban J connectivity index is 1.33. The lowest BCUT2D eigenvalue weighted by Crippen LogP contribution is -2.41. The van der Waals surface area contributed by atoms with E-state index in [0.717, 1.165) is 30.0 Å². The second-order valence-corrected chi connectivity index (χ2v) is 8.71. The summed E-state index contributed by atoms with van der Waals surface area (Å²) in [5.74, 6) is 0.907. The van der Waals surface area contributed by atoms with Crippen LogP contribution in [0.4, 0.5) is 0 Å². The Morgan fingerprint density at radius 1 is 1.25 bits per heavy atom. The van der Waals surface area contributed by atoms with Gasteiger partial charge in [-0.25, -0.2) is 4.98 Å². The summed E-state index contributed by atoms with van der Waals surface area (Å²) in [6.45, 7) is 5.88. The molecule has 6 heteroatoms. The van der Waals surface area contributed by atoms with Crippen molar-refractivity contribution in [2.45, 2.75) is 38.8 Å². The summed E-state index contributed by atoms with van der Waals surface area (Å²) >= 11 is 1.78. The van der Waals surface area contributed by atoms with E-state index in [1.165, 1.54) is 17.7 Å². The standard InChI is InChI=1S/C22H28N4OS/c1-17-8-11-25(12-9-17)20(21-7-4-14-28-21)15-23-22(27)10-13-26-16-24-18-5-2-3-6-19(18)26/h2-7,14,16-17,20H,8-13,15H2,1H3,(H,23,27). The van der Waals surface area contributed by atoms with E-state index in [-0.39, 0.29) is 11.9 Å². The second kappa shape index (κ2) is 8.88. The molecule has 0 bridgehead atoms. The van der Waals surface area contributed by atoms with Gasteiger partial charge in [-0.05, 0) is 55.4 Å². The van der Waals surface area contributed by atoms with Crippen molar-refractivity contribution >= 4 is 28.3 Å². The zero-order chi connectivity index (χ0) is 19.3. The van der Waals surface area contributed by atoms with Crippen molar-refractivity contribution in [3.05, 3.63) is 53.0 Å². The predicted molar refractivity (Wildman–Crippen MR) is 114 cm³/mol. The van der Waals surface area contributed by atoms with E-state index in [1.807, 2.05) is 30.6 Å². The third-order valence-corrected chi connectivity index (χ3v) is 6.70. The van der Waals surface area contributed by atoms with Gasteiger partial charge < -0.3 is 9.88 Å². The number of carbonyl (C=O) groups excluding carboxylic acids is 1. The monoisotopic (exact) mass is 396 g/mol. The van der Waals surface area contributed by atoms with Crippen molar-refractivity contribution < 1.29 is 4.79 Å². The third-order valence-electron chi connectivity index (χ3n) is 5.73. The van der Waals surface area contributed by atoms with Gasteiger partial charge in [-0.15, -0.1) is 11.3 Å². The van der Waals surface area contributed by atoms with Crippen molar-refractivity contribution in [1.29, 1.82) is 0 Å². The van der Waals surface area contributed by atoms with Gasteiger partial charge >= 0.3 is 0 Å². The van der Waals surface area contributed by atoms with E-state index >= 15 is 0 Å². The molecule has 0 aliphatic carbocycles. The molecule has 4 rings (SSSR count). The Hall–Kier alpha value is -2.18. The summed E-state index contributed by atoms with van der Waals surface area (Å²) in [6.07, 6.45) is 4.77. The lowest BCUT2D eigenvalue weighted by atomic mass is 9.97. The van der Waals surface area contributed by atoms with Gasteiger partial charge in [0.1, 0.15) is 0 Å². The number of nitrogens with one attached hydrogen (secondary N) is 1. The molecule has 0 radical (unpaired) electrons. The summed E-state index contributed by atoms with van der Waals surface area (Å²) < 4.78 is 2.05. The van der Waals surface area contributed by atoms with E-state index in [2.05, 4.69) is 44.2 Å². The number of piperidine rings is 1. The molecule has 1 N–H and O–H groups in total. The number of hydrogen-bond acceptors (Lipinski definition) is 4. The number of fused-ring (bicyclic) bond motifs is 1. The largest absolute Gasteiger partial charge is 0.354 e. The van der Waals surface area contributed by atoms with Gasteiger partial charge in [0.15, 0.2) is 0 Å². The molecule has 5 nitrogen and oxygen atoms in total. The number of rotatable bonds is 7. The van der Waals surface area contributed by atoms with Crippen LogP contribution in [0.15, 0.2) is 48.1 Å². The van der Waals surface area contributed by atoms with Crippen LogP contribution in [0.25, 0.3) is 11.0 Å². The first-order valence-corrected chi connectivity index (χ1v) is 11.0. The molecule has 1 unspecified atom stereocenters. The maximum Gasteiger partial charge on any atom is 0.221 e. The number of benzene rings is 1. The number of imidazole rings is 1. The topological polar surface area (TPSA) is 50.2 Å². The minimum absolute atomic E-state index is 0.102. The van der Waals surface area contributed by atoms with Gasteiger partial charge in [0.25, 0.3) is 0 Å². The summed E-state index contributed by atoms with van der Waals surface area (Å²) in [5.41, 5.74) is 2.05. The van der Waals surface area contributed by atoms with E-state index in [4.69, 9.17) is 0 Å². The summed E-state index contributed by atoms with van der Waals surface area (Å²) in [6, 6.07) is 12.6. The Bertz CT molecular complexity index is 896. The molecule has 1 amide bonds. The number of aromatic nitrogens is 2. The fraction of sp³-hybridized carbons (Fsp3) is 0.455. The van der Waals surface area contributed by atoms with Crippen LogP contribution in [0.3, 0.4) is 0 Å². The maximum absolute atomic E-state index is 12.5. The minimum atomic E-state index is 0.102. The molecule has 28 heavy (non-hydrogen) atoms. The minimum Gasteiger partial charge on any atom is -0.354 e. The number of thiophene rings is 1. The normalized spacial score (nSPS) is 17.0. The molecule has 148 valence electrons. The Kier molecular flexibility index (Phi) is 6.07. The second-order valence-electron chi connectivity index (χ2n) is 7.73. The molecule has 0 spiro atoms. The van der Waals surface area contributed by atoms with Crippen LogP contribution in [0.2, 0.25) is 0 Å². The number of hydrogen-bond donors (Lipinski definition) is 1. The smallest absolute Gasteiger partial charge is 0.221 e. The van der Waals surface area contributed by atoms with Crippen LogP contribution in [-0.4, -0.2) is 40.0 Å². The summed E-state index contributed by atoms with van der Waals surface area (Å²) in [7, 11) is 0. The van der Waals surface area contributed by atoms with Gasteiger partial charge in [-0.1, -0.05) is 25.1 Å². The van der Waals surface area contributed by atoms with Crippen molar-refractivity contribution in [3.8, 4) is 0 Å². The zero-order valence-electron chi connectivity index (χ0n) is 16.4. The molecule has 1 saturated heterocycles. The Morgan fingerprint density at radius 3 is 2.86 bits per heavy atom. The summed E-state index contributed by atoms with van der Waals surface area (Å²) in [5, 5.41) is 5.31. The fourth-order valence-corrected chi connectivity index (χ4v) is 4.80. The van der Waals surface area contributed by atoms with E-state index < -0.39 is 0 Å². The lowest BCUT2D eigenvalue weighted by Gasteiger charge is -2.36. The van der Waals surface area contributed by atoms with Crippen molar-refractivity contribution in [2.75, 3.05) is 19.6 Å². The third kappa shape index (κ3) is 4.45. The van der Waals surface area contributed by atoms with E-state index in [1.54, 1.807) is 11.3 Å². The van der Waals surface area contributed by atoms with E-state index in [9.17, 15) is 4.79 Å². The van der Waals surface area contributed by atoms with Gasteiger partial charge in [0.05, 0.1) is 23.4 Å². The molecule has 1 aliphatic heterocycles.